The lowest BCUT2D eigenvalue weighted by Gasteiger charge is -2.37. The van der Waals surface area contributed by atoms with Crippen molar-refractivity contribution in [2.24, 2.45) is 0 Å². The normalized spacial score (nSPS) is 19.6. The van der Waals surface area contributed by atoms with Crippen molar-refractivity contribution < 1.29 is 14.6 Å². The first-order chi connectivity index (χ1) is 12.9. The van der Waals surface area contributed by atoms with Gasteiger partial charge < -0.3 is 25.0 Å². The number of rotatable bonds is 4. The molecule has 0 spiro atoms. The van der Waals surface area contributed by atoms with Crippen molar-refractivity contribution in [2.75, 3.05) is 30.4 Å². The average molecular weight is 369 g/mol. The standard InChI is InChI=1S/C21H27N3O3/c1-15-12-24(13-16(2)27-15)19-10-6-5-9-18(19)22-21(26)23(3)14-17-8-4-7-11-20(17)25/h4-11,15-16,25H,12-14H2,1-3H3,(H,22,26). The van der Waals surface area contributed by atoms with Gasteiger partial charge in [-0.1, -0.05) is 30.3 Å². The highest BCUT2D eigenvalue weighted by Gasteiger charge is 2.24. The van der Waals surface area contributed by atoms with Crippen LogP contribution in [-0.4, -0.2) is 48.4 Å². The molecule has 1 aliphatic rings. The number of ether oxygens (including phenoxy) is 1. The maximum Gasteiger partial charge on any atom is 0.321 e. The number of para-hydroxylation sites is 3. The number of anilines is 2. The number of aromatic hydroxyl groups is 1. The maximum atomic E-state index is 12.7. The zero-order chi connectivity index (χ0) is 19.4. The molecule has 1 saturated heterocycles. The van der Waals surface area contributed by atoms with Gasteiger partial charge in [0.2, 0.25) is 0 Å². The van der Waals surface area contributed by atoms with Crippen LogP contribution in [0.25, 0.3) is 0 Å². The zero-order valence-electron chi connectivity index (χ0n) is 16.1. The van der Waals surface area contributed by atoms with E-state index in [1.54, 1.807) is 24.1 Å². The number of phenols is 1. The number of morpholine rings is 1. The lowest BCUT2D eigenvalue weighted by Crippen LogP contribution is -2.45. The summed E-state index contributed by atoms with van der Waals surface area (Å²) < 4.78 is 5.81. The van der Waals surface area contributed by atoms with Gasteiger partial charge in [0.15, 0.2) is 0 Å². The molecule has 6 nitrogen and oxygen atoms in total. The summed E-state index contributed by atoms with van der Waals surface area (Å²) in [6.45, 7) is 6.01. The summed E-state index contributed by atoms with van der Waals surface area (Å²) in [7, 11) is 1.71. The Bertz CT molecular complexity index is 786. The van der Waals surface area contributed by atoms with E-state index in [9.17, 15) is 9.90 Å². The molecule has 0 saturated carbocycles. The van der Waals surface area contributed by atoms with Gasteiger partial charge in [0, 0.05) is 25.7 Å². The molecule has 6 heteroatoms. The van der Waals surface area contributed by atoms with Crippen molar-refractivity contribution in [3.05, 3.63) is 54.1 Å². The van der Waals surface area contributed by atoms with Crippen molar-refractivity contribution >= 4 is 17.4 Å². The van der Waals surface area contributed by atoms with E-state index in [1.807, 2.05) is 36.4 Å². The van der Waals surface area contributed by atoms with Gasteiger partial charge in [0.05, 0.1) is 30.1 Å². The fourth-order valence-corrected chi connectivity index (χ4v) is 3.41. The highest BCUT2D eigenvalue weighted by molar-refractivity contribution is 5.93. The van der Waals surface area contributed by atoms with Crippen LogP contribution in [-0.2, 0) is 11.3 Å². The quantitative estimate of drug-likeness (QED) is 0.863. The summed E-state index contributed by atoms with van der Waals surface area (Å²) in [5.41, 5.74) is 2.47. The molecule has 2 amide bonds. The monoisotopic (exact) mass is 369 g/mol. The highest BCUT2D eigenvalue weighted by atomic mass is 16.5. The number of carbonyl (C=O) groups excluding carboxylic acids is 1. The fraction of sp³-hybridized carbons (Fsp3) is 0.381. The molecule has 0 aliphatic carbocycles. The number of nitrogens with zero attached hydrogens (tertiary/aromatic N) is 2. The molecule has 3 rings (SSSR count). The predicted molar refractivity (Wildman–Crippen MR) is 107 cm³/mol. The summed E-state index contributed by atoms with van der Waals surface area (Å²) in [6, 6.07) is 14.6. The molecule has 1 fully saturated rings. The zero-order valence-corrected chi connectivity index (χ0v) is 16.1. The number of nitrogens with one attached hydrogen (secondary N) is 1. The number of benzene rings is 2. The van der Waals surface area contributed by atoms with Crippen LogP contribution in [0.15, 0.2) is 48.5 Å². The number of phenolic OH excluding ortho intramolecular Hbond substituents is 1. The van der Waals surface area contributed by atoms with Crippen LogP contribution < -0.4 is 10.2 Å². The van der Waals surface area contributed by atoms with Crippen LogP contribution in [0.5, 0.6) is 5.75 Å². The Hall–Kier alpha value is -2.73. The van der Waals surface area contributed by atoms with Crippen molar-refractivity contribution in [3.63, 3.8) is 0 Å². The Balaban J connectivity index is 1.72. The van der Waals surface area contributed by atoms with Crippen molar-refractivity contribution in [2.45, 2.75) is 32.6 Å². The minimum absolute atomic E-state index is 0.140. The van der Waals surface area contributed by atoms with Gasteiger partial charge >= 0.3 is 6.03 Å². The van der Waals surface area contributed by atoms with Crippen LogP contribution in [0.4, 0.5) is 16.2 Å². The van der Waals surface area contributed by atoms with Crippen molar-refractivity contribution in [1.29, 1.82) is 0 Å². The van der Waals surface area contributed by atoms with E-state index >= 15 is 0 Å². The molecule has 0 bridgehead atoms. The summed E-state index contributed by atoms with van der Waals surface area (Å²) in [5.74, 6) is 0.189. The topological polar surface area (TPSA) is 65.0 Å². The summed E-state index contributed by atoms with van der Waals surface area (Å²) in [6.07, 6.45) is 0.280. The van der Waals surface area contributed by atoms with E-state index in [2.05, 4.69) is 24.1 Å². The Morgan fingerprint density at radius 2 is 1.78 bits per heavy atom. The van der Waals surface area contributed by atoms with Crippen molar-refractivity contribution in [3.8, 4) is 5.75 Å². The van der Waals surface area contributed by atoms with Crippen LogP contribution in [0.2, 0.25) is 0 Å². The first kappa shape index (κ1) is 19.0. The Morgan fingerprint density at radius 1 is 1.15 bits per heavy atom. The van der Waals surface area contributed by atoms with Gasteiger partial charge in [-0.2, -0.15) is 0 Å². The maximum absolute atomic E-state index is 12.7. The van der Waals surface area contributed by atoms with Crippen LogP contribution in [0, 0.1) is 0 Å². The van der Waals surface area contributed by atoms with Crippen molar-refractivity contribution in [1.82, 2.24) is 4.90 Å². The molecule has 0 aromatic heterocycles. The molecule has 2 atom stereocenters. The van der Waals surface area contributed by atoms with E-state index < -0.39 is 0 Å². The Kier molecular flexibility index (Phi) is 5.86. The molecule has 2 aromatic carbocycles. The third kappa shape index (κ3) is 4.71. The highest BCUT2D eigenvalue weighted by Crippen LogP contribution is 2.29. The molecule has 1 heterocycles. The molecular weight excluding hydrogens is 342 g/mol. The van der Waals surface area contributed by atoms with Crippen LogP contribution in [0.1, 0.15) is 19.4 Å². The van der Waals surface area contributed by atoms with E-state index in [0.717, 1.165) is 24.5 Å². The van der Waals surface area contributed by atoms with Crippen LogP contribution in [0.3, 0.4) is 0 Å². The molecule has 27 heavy (non-hydrogen) atoms. The molecule has 2 N–H and O–H groups in total. The average Bonchev–Trinajstić information content (AvgIpc) is 2.63. The summed E-state index contributed by atoms with van der Waals surface area (Å²) >= 11 is 0. The second-order valence-electron chi connectivity index (χ2n) is 7.09. The lowest BCUT2D eigenvalue weighted by molar-refractivity contribution is -0.00517. The van der Waals surface area contributed by atoms with E-state index in [0.29, 0.717) is 12.1 Å². The molecule has 1 aliphatic heterocycles. The molecule has 2 unspecified atom stereocenters. The van der Waals surface area contributed by atoms with Gasteiger partial charge in [0.1, 0.15) is 5.75 Å². The Labute approximate surface area is 160 Å². The number of hydrogen-bond donors (Lipinski definition) is 2. The summed E-state index contributed by atoms with van der Waals surface area (Å²) in [4.78, 5) is 16.5. The first-order valence-electron chi connectivity index (χ1n) is 9.22. The third-order valence-corrected chi connectivity index (χ3v) is 4.65. The van der Waals surface area contributed by atoms with Gasteiger partial charge in [-0.15, -0.1) is 0 Å². The first-order valence-corrected chi connectivity index (χ1v) is 9.22. The van der Waals surface area contributed by atoms with Crippen LogP contribution >= 0.6 is 0 Å². The molecule has 0 radical (unpaired) electrons. The van der Waals surface area contributed by atoms with E-state index in [4.69, 9.17) is 4.74 Å². The van der Waals surface area contributed by atoms with E-state index in [-0.39, 0.29) is 24.0 Å². The SMILES string of the molecule is CC1CN(c2ccccc2NC(=O)N(C)Cc2ccccc2O)CC(C)O1. The number of amides is 2. The minimum Gasteiger partial charge on any atom is -0.508 e. The van der Waals surface area contributed by atoms with Gasteiger partial charge in [-0.25, -0.2) is 4.79 Å². The fourth-order valence-electron chi connectivity index (χ4n) is 3.41. The lowest BCUT2D eigenvalue weighted by atomic mass is 10.1. The third-order valence-electron chi connectivity index (χ3n) is 4.65. The molecule has 2 aromatic rings. The minimum atomic E-state index is -0.222. The number of hydrogen-bond acceptors (Lipinski definition) is 4. The smallest absolute Gasteiger partial charge is 0.321 e. The second kappa shape index (κ2) is 8.31. The van der Waals surface area contributed by atoms with Gasteiger partial charge in [-0.05, 0) is 32.0 Å². The molecule has 144 valence electrons. The van der Waals surface area contributed by atoms with Gasteiger partial charge in [0.25, 0.3) is 0 Å². The molecular formula is C21H27N3O3. The predicted octanol–water partition coefficient (Wildman–Crippen LogP) is 3.67. The number of urea groups is 1. The summed E-state index contributed by atoms with van der Waals surface area (Å²) in [5, 5.41) is 12.9. The van der Waals surface area contributed by atoms with E-state index in [1.165, 1.54) is 0 Å². The van der Waals surface area contributed by atoms with Gasteiger partial charge in [-0.3, -0.25) is 0 Å². The Morgan fingerprint density at radius 3 is 2.48 bits per heavy atom. The largest absolute Gasteiger partial charge is 0.508 e. The number of carbonyl (C=O) groups is 1. The second-order valence-corrected chi connectivity index (χ2v) is 7.09.